The molecule has 2 amide bonds. The second-order valence-electron chi connectivity index (χ2n) is 6.72. The Kier molecular flexibility index (Phi) is 8.07. The molecule has 0 aliphatic carbocycles. The molecule has 0 spiro atoms. The highest BCUT2D eigenvalue weighted by atomic mass is 16.5. The highest BCUT2D eigenvalue weighted by molar-refractivity contribution is 5.93. The molecule has 1 aromatic rings. The minimum Gasteiger partial charge on any atom is -0.495 e. The number of amides is 2. The zero-order valence-corrected chi connectivity index (χ0v) is 16.2. The number of hydrogen-bond acceptors (Lipinski definition) is 4. The average molecular weight is 361 g/mol. The SMILES string of the molecule is CC[NH+](CC(=O)Nc1ccccc1OC)CC(=O)N[C@](C)(C#N)C(C)C. The van der Waals surface area contributed by atoms with Gasteiger partial charge in [0.05, 0.1) is 25.4 Å². The van der Waals surface area contributed by atoms with Crippen molar-refractivity contribution in [3.05, 3.63) is 24.3 Å². The maximum Gasteiger partial charge on any atom is 0.279 e. The van der Waals surface area contributed by atoms with Crippen LogP contribution in [0, 0.1) is 17.2 Å². The molecule has 142 valence electrons. The molecule has 1 rings (SSSR count). The fourth-order valence-corrected chi connectivity index (χ4v) is 2.34. The normalized spacial score (nSPS) is 14.0. The molecule has 0 saturated carbocycles. The standard InChI is InChI=1S/C19H28N4O3/c1-6-23(12-18(25)22-19(4,13-20)14(2)3)11-17(24)21-15-9-7-8-10-16(15)26-5/h7-10,14H,6,11-12H2,1-5H3,(H,21,24)(H,22,25)/p+1/t19-/m1/s1. The van der Waals surface area contributed by atoms with Crippen LogP contribution in [-0.4, -0.2) is 44.1 Å². The van der Waals surface area contributed by atoms with Crippen LogP contribution in [0.25, 0.3) is 0 Å². The van der Waals surface area contributed by atoms with Gasteiger partial charge in [-0.25, -0.2) is 0 Å². The Hall–Kier alpha value is -2.59. The molecule has 0 fully saturated rings. The number of anilines is 1. The number of nitriles is 1. The molecule has 0 aliphatic rings. The Labute approximate surface area is 155 Å². The summed E-state index contributed by atoms with van der Waals surface area (Å²) in [5.74, 6) is 0.115. The van der Waals surface area contributed by atoms with E-state index >= 15 is 0 Å². The predicted molar refractivity (Wildman–Crippen MR) is 99.9 cm³/mol. The molecular weight excluding hydrogens is 332 g/mol. The van der Waals surface area contributed by atoms with E-state index in [1.54, 1.807) is 26.2 Å². The van der Waals surface area contributed by atoms with Crippen LogP contribution in [0.4, 0.5) is 5.69 Å². The first-order valence-electron chi connectivity index (χ1n) is 8.74. The number of quaternary nitrogens is 1. The van der Waals surface area contributed by atoms with E-state index in [-0.39, 0.29) is 30.8 Å². The van der Waals surface area contributed by atoms with Crippen LogP contribution in [0.5, 0.6) is 5.75 Å². The average Bonchev–Trinajstić information content (AvgIpc) is 2.61. The fourth-order valence-electron chi connectivity index (χ4n) is 2.34. The number of likely N-dealkylation sites (N-methyl/N-ethyl adjacent to an activating group) is 1. The molecule has 3 N–H and O–H groups in total. The van der Waals surface area contributed by atoms with Gasteiger partial charge in [0.2, 0.25) is 0 Å². The Bertz CT molecular complexity index is 669. The number of para-hydroxylation sites is 2. The molecule has 0 radical (unpaired) electrons. The summed E-state index contributed by atoms with van der Waals surface area (Å²) in [7, 11) is 1.54. The number of rotatable bonds is 9. The minimum atomic E-state index is -0.921. The van der Waals surface area contributed by atoms with Gasteiger partial charge in [-0.3, -0.25) is 9.59 Å². The second-order valence-corrected chi connectivity index (χ2v) is 6.72. The van der Waals surface area contributed by atoms with Crippen molar-refractivity contribution in [2.24, 2.45) is 5.92 Å². The van der Waals surface area contributed by atoms with Crippen molar-refractivity contribution in [3.8, 4) is 11.8 Å². The van der Waals surface area contributed by atoms with Gasteiger partial charge in [-0.1, -0.05) is 26.0 Å². The number of carbonyl (C=O) groups is 2. The molecule has 0 bridgehead atoms. The molecule has 0 aliphatic heterocycles. The lowest BCUT2D eigenvalue weighted by molar-refractivity contribution is -0.881. The Morgan fingerprint density at radius 3 is 2.42 bits per heavy atom. The number of carbonyl (C=O) groups excluding carboxylic acids is 2. The highest BCUT2D eigenvalue weighted by Gasteiger charge is 2.31. The van der Waals surface area contributed by atoms with E-state index < -0.39 is 5.54 Å². The fraction of sp³-hybridized carbons (Fsp3) is 0.526. The largest absolute Gasteiger partial charge is 0.495 e. The van der Waals surface area contributed by atoms with E-state index in [2.05, 4.69) is 16.7 Å². The highest BCUT2D eigenvalue weighted by Crippen LogP contribution is 2.22. The maximum absolute atomic E-state index is 12.3. The quantitative estimate of drug-likeness (QED) is 0.600. The van der Waals surface area contributed by atoms with E-state index in [9.17, 15) is 14.9 Å². The third-order valence-electron chi connectivity index (χ3n) is 4.49. The van der Waals surface area contributed by atoms with Crippen LogP contribution >= 0.6 is 0 Å². The molecule has 26 heavy (non-hydrogen) atoms. The van der Waals surface area contributed by atoms with E-state index in [1.165, 1.54) is 0 Å². The van der Waals surface area contributed by atoms with Gasteiger partial charge in [-0.2, -0.15) is 5.26 Å². The van der Waals surface area contributed by atoms with Crippen molar-refractivity contribution < 1.29 is 19.2 Å². The van der Waals surface area contributed by atoms with Gasteiger partial charge >= 0.3 is 0 Å². The van der Waals surface area contributed by atoms with Crippen LogP contribution in [-0.2, 0) is 9.59 Å². The maximum atomic E-state index is 12.3. The molecule has 7 heteroatoms. The van der Waals surface area contributed by atoms with Crippen LogP contribution in [0.3, 0.4) is 0 Å². The van der Waals surface area contributed by atoms with Crippen molar-refractivity contribution in [2.45, 2.75) is 33.2 Å². The summed E-state index contributed by atoms with van der Waals surface area (Å²) in [5, 5.41) is 14.9. The number of hydrogen-bond donors (Lipinski definition) is 3. The van der Waals surface area contributed by atoms with Crippen molar-refractivity contribution >= 4 is 17.5 Å². The second kappa shape index (κ2) is 9.78. The summed E-state index contributed by atoms with van der Waals surface area (Å²) in [5.41, 5.74) is -0.327. The topological polar surface area (TPSA) is 95.7 Å². The smallest absolute Gasteiger partial charge is 0.279 e. The van der Waals surface area contributed by atoms with Crippen molar-refractivity contribution in [2.75, 3.05) is 32.1 Å². The third-order valence-corrected chi connectivity index (χ3v) is 4.49. The number of ether oxygens (including phenoxy) is 1. The Morgan fingerprint density at radius 1 is 1.27 bits per heavy atom. The number of nitrogens with one attached hydrogen (secondary N) is 3. The summed E-state index contributed by atoms with van der Waals surface area (Å²) in [6.07, 6.45) is 0. The Balaban J connectivity index is 2.65. The first kappa shape index (κ1) is 21.5. The van der Waals surface area contributed by atoms with Gasteiger partial charge in [0.25, 0.3) is 11.8 Å². The molecule has 0 aromatic heterocycles. The summed E-state index contributed by atoms with van der Waals surface area (Å²) in [6.45, 7) is 8.26. The lowest BCUT2D eigenvalue weighted by atomic mass is 9.90. The lowest BCUT2D eigenvalue weighted by Crippen LogP contribution is -3.14. The van der Waals surface area contributed by atoms with E-state index in [0.29, 0.717) is 18.0 Å². The Morgan fingerprint density at radius 2 is 1.88 bits per heavy atom. The minimum absolute atomic E-state index is 0.0182. The van der Waals surface area contributed by atoms with Crippen LogP contribution in [0.2, 0.25) is 0 Å². The summed E-state index contributed by atoms with van der Waals surface area (Å²) in [6, 6.07) is 9.31. The summed E-state index contributed by atoms with van der Waals surface area (Å²) < 4.78 is 5.22. The van der Waals surface area contributed by atoms with Crippen LogP contribution in [0.15, 0.2) is 24.3 Å². The molecule has 0 heterocycles. The van der Waals surface area contributed by atoms with Crippen molar-refractivity contribution in [3.63, 3.8) is 0 Å². The zero-order valence-electron chi connectivity index (χ0n) is 16.2. The molecule has 1 aromatic carbocycles. The molecular formula is C19H29N4O3+. The summed E-state index contributed by atoms with van der Waals surface area (Å²) >= 11 is 0. The summed E-state index contributed by atoms with van der Waals surface area (Å²) in [4.78, 5) is 25.4. The predicted octanol–water partition coefficient (Wildman–Crippen LogP) is 0.593. The lowest BCUT2D eigenvalue weighted by Gasteiger charge is -2.28. The van der Waals surface area contributed by atoms with E-state index in [0.717, 1.165) is 4.90 Å². The molecule has 0 saturated heterocycles. The van der Waals surface area contributed by atoms with Crippen LogP contribution < -0.4 is 20.3 Å². The van der Waals surface area contributed by atoms with Gasteiger partial charge in [0, 0.05) is 0 Å². The van der Waals surface area contributed by atoms with Crippen molar-refractivity contribution in [1.82, 2.24) is 5.32 Å². The monoisotopic (exact) mass is 361 g/mol. The van der Waals surface area contributed by atoms with Crippen molar-refractivity contribution in [1.29, 1.82) is 5.26 Å². The van der Waals surface area contributed by atoms with Crippen LogP contribution in [0.1, 0.15) is 27.7 Å². The van der Waals surface area contributed by atoms with Gasteiger partial charge in [0.1, 0.15) is 11.3 Å². The molecule has 2 atom stereocenters. The number of methoxy groups -OCH3 is 1. The van der Waals surface area contributed by atoms with Gasteiger partial charge in [-0.05, 0) is 31.9 Å². The number of benzene rings is 1. The van der Waals surface area contributed by atoms with Gasteiger partial charge in [0.15, 0.2) is 13.1 Å². The van der Waals surface area contributed by atoms with Gasteiger partial charge < -0.3 is 20.3 Å². The first-order chi connectivity index (χ1) is 12.3. The zero-order chi connectivity index (χ0) is 19.7. The molecule has 7 nitrogen and oxygen atoms in total. The van der Waals surface area contributed by atoms with E-state index in [1.807, 2.05) is 32.9 Å². The van der Waals surface area contributed by atoms with E-state index in [4.69, 9.17) is 4.74 Å². The van der Waals surface area contributed by atoms with Gasteiger partial charge in [-0.15, -0.1) is 0 Å². The number of nitrogens with zero attached hydrogens (tertiary/aromatic N) is 1. The third kappa shape index (κ3) is 6.05. The molecule has 1 unspecified atom stereocenters. The first-order valence-corrected chi connectivity index (χ1v) is 8.74.